The van der Waals surface area contributed by atoms with E-state index < -0.39 is 33.1 Å². The molecular weight excluding hydrogens is 200 g/mol. The number of hydrogen-bond donors (Lipinski definition) is 0. The van der Waals surface area contributed by atoms with Crippen molar-refractivity contribution in [2.45, 2.75) is 18.7 Å². The van der Waals surface area contributed by atoms with Gasteiger partial charge in [0.05, 0.1) is 6.61 Å². The van der Waals surface area contributed by atoms with Gasteiger partial charge in [-0.15, -0.1) is 0 Å². The highest BCUT2D eigenvalue weighted by molar-refractivity contribution is 7.45. The van der Waals surface area contributed by atoms with Gasteiger partial charge in [-0.2, -0.15) is 13.2 Å². The van der Waals surface area contributed by atoms with Gasteiger partial charge < -0.3 is 13.9 Å². The lowest BCUT2D eigenvalue weighted by atomic mass is 10.2. The number of phosphoric ester groups is 1. The van der Waals surface area contributed by atoms with Gasteiger partial charge in [0, 0.05) is 6.42 Å². The van der Waals surface area contributed by atoms with E-state index >= 15 is 0 Å². The monoisotopic (exact) mass is 205 g/mol. The van der Waals surface area contributed by atoms with Crippen molar-refractivity contribution in [2.24, 2.45) is 0 Å². The predicted molar refractivity (Wildman–Crippen MR) is 29.1 cm³/mol. The molecular formula is C4H5F3O4P-. The SMILES string of the molecule is O=P1([O-])OCCC(C(F)(F)F)O1. The fourth-order valence-electron chi connectivity index (χ4n) is 0.734. The molecule has 0 amide bonds. The van der Waals surface area contributed by atoms with Gasteiger partial charge in [-0.05, 0) is 0 Å². The second-order valence-corrected chi connectivity index (χ2v) is 3.57. The molecule has 0 saturated carbocycles. The molecule has 0 N–H and O–H groups in total. The zero-order valence-electron chi connectivity index (χ0n) is 5.71. The van der Waals surface area contributed by atoms with E-state index in [9.17, 15) is 22.6 Å². The van der Waals surface area contributed by atoms with Crippen LogP contribution in [0.2, 0.25) is 0 Å². The van der Waals surface area contributed by atoms with Gasteiger partial charge in [0.25, 0.3) is 7.82 Å². The summed E-state index contributed by atoms with van der Waals surface area (Å²) in [5.41, 5.74) is 0. The van der Waals surface area contributed by atoms with Gasteiger partial charge in [-0.1, -0.05) is 0 Å². The van der Waals surface area contributed by atoms with Crippen LogP contribution in [-0.4, -0.2) is 18.9 Å². The van der Waals surface area contributed by atoms with E-state index in [-0.39, 0.29) is 0 Å². The van der Waals surface area contributed by atoms with Crippen LogP contribution in [0.1, 0.15) is 6.42 Å². The van der Waals surface area contributed by atoms with E-state index in [2.05, 4.69) is 9.05 Å². The summed E-state index contributed by atoms with van der Waals surface area (Å²) in [5.74, 6) is 0. The zero-order valence-corrected chi connectivity index (χ0v) is 6.60. The summed E-state index contributed by atoms with van der Waals surface area (Å²) in [7, 11) is -4.71. The number of alkyl halides is 3. The second kappa shape index (κ2) is 2.99. The quantitative estimate of drug-likeness (QED) is 0.549. The molecule has 0 spiro atoms. The minimum atomic E-state index is -4.71. The normalized spacial score (nSPS) is 38.2. The summed E-state index contributed by atoms with van der Waals surface area (Å²) in [5, 5.41) is 0. The average Bonchev–Trinajstić information content (AvgIpc) is 1.83. The summed E-state index contributed by atoms with van der Waals surface area (Å²) in [6, 6.07) is 0. The van der Waals surface area contributed by atoms with Crippen molar-refractivity contribution < 1.29 is 31.7 Å². The first kappa shape index (κ1) is 9.98. The minimum absolute atomic E-state index is 0.481. The Balaban J connectivity index is 2.65. The molecule has 0 aromatic carbocycles. The van der Waals surface area contributed by atoms with Gasteiger partial charge in [0.15, 0.2) is 6.10 Å². The van der Waals surface area contributed by atoms with Gasteiger partial charge in [-0.25, -0.2) is 0 Å². The first-order chi connectivity index (χ1) is 5.31. The zero-order chi connectivity index (χ0) is 9.41. The third-order valence-electron chi connectivity index (χ3n) is 1.25. The Kier molecular flexibility index (Phi) is 2.49. The Bertz CT molecular complexity index is 215. The van der Waals surface area contributed by atoms with Crippen LogP contribution in [0.15, 0.2) is 0 Å². The van der Waals surface area contributed by atoms with Crippen LogP contribution in [0.25, 0.3) is 0 Å². The lowest BCUT2D eigenvalue weighted by Gasteiger charge is -2.33. The van der Waals surface area contributed by atoms with Crippen LogP contribution in [-0.2, 0) is 13.6 Å². The van der Waals surface area contributed by atoms with Crippen LogP contribution < -0.4 is 4.89 Å². The molecule has 0 aliphatic carbocycles. The van der Waals surface area contributed by atoms with Crippen molar-refractivity contribution in [1.29, 1.82) is 0 Å². The molecule has 1 aliphatic rings. The predicted octanol–water partition coefficient (Wildman–Crippen LogP) is 0.823. The molecule has 12 heavy (non-hydrogen) atoms. The van der Waals surface area contributed by atoms with Gasteiger partial charge in [-0.3, -0.25) is 4.57 Å². The van der Waals surface area contributed by atoms with Crippen molar-refractivity contribution in [3.8, 4) is 0 Å². The molecule has 1 saturated heterocycles. The summed E-state index contributed by atoms with van der Waals surface area (Å²) < 4.78 is 53.6. The molecule has 72 valence electrons. The second-order valence-electron chi connectivity index (χ2n) is 2.20. The molecule has 0 aromatic rings. The van der Waals surface area contributed by atoms with Crippen molar-refractivity contribution in [3.05, 3.63) is 0 Å². The highest BCUT2D eigenvalue weighted by Crippen LogP contribution is 2.47. The lowest BCUT2D eigenvalue weighted by molar-refractivity contribution is -0.270. The fraction of sp³-hybridized carbons (Fsp3) is 1.00. The van der Waals surface area contributed by atoms with E-state index in [0.717, 1.165) is 0 Å². The Morgan fingerprint density at radius 1 is 1.50 bits per heavy atom. The van der Waals surface area contributed by atoms with Crippen LogP contribution in [0, 0.1) is 0 Å². The molecule has 0 aromatic heterocycles. The summed E-state index contributed by atoms with van der Waals surface area (Å²) in [6.07, 6.45) is -7.39. The van der Waals surface area contributed by atoms with Crippen molar-refractivity contribution in [3.63, 3.8) is 0 Å². The lowest BCUT2D eigenvalue weighted by Crippen LogP contribution is -2.36. The molecule has 0 bridgehead atoms. The largest absolute Gasteiger partial charge is 0.756 e. The average molecular weight is 205 g/mol. The van der Waals surface area contributed by atoms with Crippen molar-refractivity contribution in [2.75, 3.05) is 6.61 Å². The molecule has 4 nitrogen and oxygen atoms in total. The minimum Gasteiger partial charge on any atom is -0.756 e. The topological polar surface area (TPSA) is 58.6 Å². The van der Waals surface area contributed by atoms with Crippen LogP contribution in [0.4, 0.5) is 13.2 Å². The van der Waals surface area contributed by atoms with Crippen LogP contribution >= 0.6 is 7.82 Å². The number of phosphoric acid groups is 1. The Hall–Kier alpha value is -0.100. The molecule has 1 aliphatic heterocycles. The van der Waals surface area contributed by atoms with Gasteiger partial charge >= 0.3 is 6.18 Å². The maximum absolute atomic E-state index is 11.8. The third kappa shape index (κ3) is 2.45. The van der Waals surface area contributed by atoms with E-state index in [4.69, 9.17) is 0 Å². The van der Waals surface area contributed by atoms with Crippen molar-refractivity contribution >= 4 is 7.82 Å². The molecule has 1 heterocycles. The molecule has 2 atom stereocenters. The molecule has 2 unspecified atom stereocenters. The third-order valence-corrected chi connectivity index (χ3v) is 2.26. The smallest absolute Gasteiger partial charge is 0.415 e. The highest BCUT2D eigenvalue weighted by atomic mass is 31.2. The fourth-order valence-corrected chi connectivity index (χ4v) is 1.66. The maximum Gasteiger partial charge on any atom is 0.415 e. The number of rotatable bonds is 0. The Morgan fingerprint density at radius 3 is 2.42 bits per heavy atom. The number of hydrogen-bond acceptors (Lipinski definition) is 4. The summed E-state index contributed by atoms with van der Waals surface area (Å²) in [4.78, 5) is 10.4. The summed E-state index contributed by atoms with van der Waals surface area (Å²) >= 11 is 0. The van der Waals surface area contributed by atoms with Crippen molar-refractivity contribution in [1.82, 2.24) is 0 Å². The first-order valence-electron chi connectivity index (χ1n) is 3.02. The van der Waals surface area contributed by atoms with E-state index in [0.29, 0.717) is 0 Å². The molecule has 8 heteroatoms. The van der Waals surface area contributed by atoms with Gasteiger partial charge in [0.1, 0.15) is 0 Å². The number of halogens is 3. The van der Waals surface area contributed by atoms with Crippen LogP contribution in [0.5, 0.6) is 0 Å². The highest BCUT2D eigenvalue weighted by Gasteiger charge is 2.44. The Labute approximate surface area is 65.9 Å². The first-order valence-corrected chi connectivity index (χ1v) is 4.48. The molecule has 0 radical (unpaired) electrons. The van der Waals surface area contributed by atoms with Gasteiger partial charge in [0.2, 0.25) is 0 Å². The van der Waals surface area contributed by atoms with Crippen LogP contribution in [0.3, 0.4) is 0 Å². The Morgan fingerprint density at radius 2 is 2.08 bits per heavy atom. The van der Waals surface area contributed by atoms with E-state index in [1.54, 1.807) is 0 Å². The van der Waals surface area contributed by atoms with E-state index in [1.165, 1.54) is 0 Å². The summed E-state index contributed by atoms with van der Waals surface area (Å²) in [6.45, 7) is -0.481. The molecule has 1 rings (SSSR count). The van der Waals surface area contributed by atoms with E-state index in [1.807, 2.05) is 0 Å². The maximum atomic E-state index is 11.8. The molecule has 1 fully saturated rings. The standard InChI is InChI=1S/C4H6F3O4P/c5-4(6,7)3-1-2-10-12(8,9)11-3/h3H,1-2H2,(H,8,9)/p-1.